The third kappa shape index (κ3) is 13.0. The van der Waals surface area contributed by atoms with Gasteiger partial charge >= 0.3 is 0 Å². The van der Waals surface area contributed by atoms with Gasteiger partial charge in [-0.15, -0.1) is 0 Å². The molecular weight excluding hydrogens is 671 g/mol. The molecular formula is C47H85N3O4. The fraction of sp³-hybridized carbons (Fsp3) is 0.915. The van der Waals surface area contributed by atoms with Gasteiger partial charge in [0, 0.05) is 39.0 Å². The number of fused-ring (bicyclic) bond motifs is 5. The van der Waals surface area contributed by atoms with E-state index in [4.69, 9.17) is 0 Å². The Morgan fingerprint density at radius 3 is 1.98 bits per heavy atom. The average molecular weight is 756 g/mol. The van der Waals surface area contributed by atoms with E-state index in [0.717, 1.165) is 58.0 Å². The summed E-state index contributed by atoms with van der Waals surface area (Å²) in [6, 6.07) is 0. The molecule has 0 aromatic rings. The lowest BCUT2D eigenvalue weighted by Gasteiger charge is -2.62. The highest BCUT2D eigenvalue weighted by molar-refractivity contribution is 5.76. The fourth-order valence-corrected chi connectivity index (χ4v) is 12.2. The zero-order valence-electron chi connectivity index (χ0n) is 35.7. The maximum absolute atomic E-state index is 12.9. The summed E-state index contributed by atoms with van der Waals surface area (Å²) < 4.78 is 0. The second-order valence-electron chi connectivity index (χ2n) is 19.3. The number of amides is 2. The van der Waals surface area contributed by atoms with Gasteiger partial charge in [-0.3, -0.25) is 9.59 Å². The quantitative estimate of drug-likeness (QED) is 0.0550. The van der Waals surface area contributed by atoms with Crippen LogP contribution in [-0.2, 0) is 9.59 Å². The summed E-state index contributed by atoms with van der Waals surface area (Å²) in [5, 5.41) is 28.2. The molecule has 4 saturated carbocycles. The Bertz CT molecular complexity index is 1130. The molecule has 0 aromatic heterocycles. The number of aliphatic hydroxyl groups is 2. The van der Waals surface area contributed by atoms with Gasteiger partial charge in [-0.2, -0.15) is 0 Å². The van der Waals surface area contributed by atoms with Crippen molar-refractivity contribution in [2.75, 3.05) is 33.2 Å². The average Bonchev–Trinajstić information content (AvgIpc) is 3.50. The first-order chi connectivity index (χ1) is 26.0. The Kier molecular flexibility index (Phi) is 19.4. The van der Waals surface area contributed by atoms with Crippen LogP contribution >= 0.6 is 0 Å². The molecule has 0 bridgehead atoms. The van der Waals surface area contributed by atoms with Crippen molar-refractivity contribution in [2.24, 2.45) is 46.3 Å². The second kappa shape index (κ2) is 23.1. The molecule has 312 valence electrons. The molecule has 4 fully saturated rings. The van der Waals surface area contributed by atoms with E-state index >= 15 is 0 Å². The highest BCUT2D eigenvalue weighted by Crippen LogP contribution is 2.68. The summed E-state index contributed by atoms with van der Waals surface area (Å²) in [4.78, 5) is 27.4. The second-order valence-corrected chi connectivity index (χ2v) is 19.3. The lowest BCUT2D eigenvalue weighted by atomic mass is 9.43. The molecule has 0 saturated heterocycles. The van der Waals surface area contributed by atoms with Crippen molar-refractivity contribution in [3.63, 3.8) is 0 Å². The minimum atomic E-state index is -0.237. The lowest BCUT2D eigenvalue weighted by molar-refractivity contribution is -0.174. The van der Waals surface area contributed by atoms with Crippen molar-refractivity contribution in [1.82, 2.24) is 15.5 Å². The third-order valence-corrected chi connectivity index (χ3v) is 15.5. The Labute approximate surface area is 332 Å². The number of likely N-dealkylation sites (N-methyl/N-ethyl adjacent to an activating group) is 1. The largest absolute Gasteiger partial charge is 0.393 e. The van der Waals surface area contributed by atoms with E-state index in [-0.39, 0.29) is 34.9 Å². The number of carbonyl (C=O) groups is 2. The van der Waals surface area contributed by atoms with Gasteiger partial charge < -0.3 is 25.7 Å². The summed E-state index contributed by atoms with van der Waals surface area (Å²) in [7, 11) is 2.05. The number of unbranched alkanes of at least 4 members (excludes halogenated alkanes) is 11. The van der Waals surface area contributed by atoms with Gasteiger partial charge in [-0.05, 0) is 143 Å². The third-order valence-electron chi connectivity index (χ3n) is 15.5. The van der Waals surface area contributed by atoms with Crippen molar-refractivity contribution in [3.8, 4) is 0 Å². The van der Waals surface area contributed by atoms with E-state index < -0.39 is 0 Å². The Balaban J connectivity index is 1.00. The van der Waals surface area contributed by atoms with Crippen LogP contribution in [0.15, 0.2) is 12.2 Å². The van der Waals surface area contributed by atoms with E-state index in [1.54, 1.807) is 0 Å². The molecule has 0 aliphatic heterocycles. The number of nitrogens with zero attached hydrogens (tertiary/aromatic N) is 1. The van der Waals surface area contributed by atoms with E-state index in [9.17, 15) is 19.8 Å². The van der Waals surface area contributed by atoms with Crippen molar-refractivity contribution in [3.05, 3.63) is 12.2 Å². The predicted octanol–water partition coefficient (Wildman–Crippen LogP) is 9.60. The van der Waals surface area contributed by atoms with Crippen LogP contribution in [0.1, 0.15) is 182 Å². The minimum Gasteiger partial charge on any atom is -0.393 e. The van der Waals surface area contributed by atoms with E-state index in [0.29, 0.717) is 61.4 Å². The van der Waals surface area contributed by atoms with Crippen LogP contribution in [0.2, 0.25) is 0 Å². The number of rotatable bonds is 25. The van der Waals surface area contributed by atoms with Crippen molar-refractivity contribution in [2.45, 2.75) is 194 Å². The van der Waals surface area contributed by atoms with Crippen LogP contribution in [-0.4, -0.2) is 72.4 Å². The highest BCUT2D eigenvalue weighted by atomic mass is 16.3. The lowest BCUT2D eigenvalue weighted by Crippen LogP contribution is -2.58. The standard InChI is InChI=1S/C47H85N3O4/c1-6-7-8-9-10-11-12-13-14-15-16-17-18-19-20-21-43(53)48-30-32-50(5)33-31-49-44(54)25-22-36(2)39-23-24-40-45-41(27-29-47(39,40)4)46(3)28-26-38(51)34-37(46)35-42(45)52/h13-14,36-42,45,51-52H,6-12,15-35H2,1-5H3,(H,48,53)(H,49,54)/b14-13+/t36-,37+,38-,39?,40+,41+,42-,45+,46+,47-/m1/s1. The molecule has 4 N–H and O–H groups in total. The van der Waals surface area contributed by atoms with Crippen molar-refractivity contribution in [1.29, 1.82) is 0 Å². The van der Waals surface area contributed by atoms with E-state index in [2.05, 4.69) is 62.4 Å². The number of hydrogen-bond acceptors (Lipinski definition) is 5. The van der Waals surface area contributed by atoms with Crippen molar-refractivity contribution >= 4 is 11.8 Å². The molecule has 0 aromatic carbocycles. The van der Waals surface area contributed by atoms with Crippen LogP contribution in [0.3, 0.4) is 0 Å². The number of carbonyl (C=O) groups excluding carboxylic acids is 2. The van der Waals surface area contributed by atoms with Gasteiger partial charge in [0.25, 0.3) is 0 Å². The summed E-state index contributed by atoms with van der Waals surface area (Å²) in [5.41, 5.74) is 0.509. The SMILES string of the molecule is CCCCCCCC/C=C/CCCCCCCC(=O)NCCN(C)CCNC(=O)CC[C@@H](C)C1CC[C@H]2[C@@H]3[C@H](O)C[C@@H]4C[C@H](O)CC[C@]4(C)[C@H]3CC[C@]12C. The molecule has 4 rings (SSSR count). The maximum Gasteiger partial charge on any atom is 0.220 e. The van der Waals surface area contributed by atoms with Crippen LogP contribution < -0.4 is 10.6 Å². The topological polar surface area (TPSA) is 102 Å². The molecule has 1 unspecified atom stereocenters. The molecule has 0 heterocycles. The molecule has 0 spiro atoms. The highest BCUT2D eigenvalue weighted by Gasteiger charge is 2.62. The molecule has 7 nitrogen and oxygen atoms in total. The molecule has 2 amide bonds. The first-order valence-electron chi connectivity index (χ1n) is 23.2. The Hall–Kier alpha value is -1.44. The fourth-order valence-electron chi connectivity index (χ4n) is 12.2. The normalized spacial score (nSPS) is 32.6. The molecule has 54 heavy (non-hydrogen) atoms. The first kappa shape index (κ1) is 45.3. The Morgan fingerprint density at radius 2 is 1.31 bits per heavy atom. The summed E-state index contributed by atoms with van der Waals surface area (Å²) in [6.45, 7) is 12.5. The van der Waals surface area contributed by atoms with Crippen LogP contribution in [0.5, 0.6) is 0 Å². The van der Waals surface area contributed by atoms with Crippen LogP contribution in [0.25, 0.3) is 0 Å². The van der Waals surface area contributed by atoms with E-state index in [1.165, 1.54) is 96.3 Å². The molecule has 7 heteroatoms. The summed E-state index contributed by atoms with van der Waals surface area (Å²) >= 11 is 0. The summed E-state index contributed by atoms with van der Waals surface area (Å²) in [6.07, 6.45) is 31.5. The van der Waals surface area contributed by atoms with E-state index in [1.807, 2.05) is 0 Å². The van der Waals surface area contributed by atoms with Gasteiger partial charge in [-0.25, -0.2) is 0 Å². The van der Waals surface area contributed by atoms with Crippen LogP contribution in [0, 0.1) is 46.3 Å². The zero-order chi connectivity index (χ0) is 39.0. The molecule has 4 aliphatic carbocycles. The minimum absolute atomic E-state index is 0.146. The number of aliphatic hydroxyl groups excluding tert-OH is 2. The van der Waals surface area contributed by atoms with Gasteiger partial charge in [0.1, 0.15) is 0 Å². The van der Waals surface area contributed by atoms with Crippen molar-refractivity contribution < 1.29 is 19.8 Å². The number of allylic oxidation sites excluding steroid dienone is 2. The smallest absolute Gasteiger partial charge is 0.220 e. The monoisotopic (exact) mass is 756 g/mol. The summed E-state index contributed by atoms with van der Waals surface area (Å²) in [5.74, 6) is 3.40. The molecule has 10 atom stereocenters. The van der Waals surface area contributed by atoms with Gasteiger partial charge in [-0.1, -0.05) is 91.2 Å². The van der Waals surface area contributed by atoms with Crippen LogP contribution in [0.4, 0.5) is 0 Å². The van der Waals surface area contributed by atoms with Gasteiger partial charge in [0.05, 0.1) is 12.2 Å². The predicted molar refractivity (Wildman–Crippen MR) is 224 cm³/mol. The number of nitrogens with one attached hydrogen (secondary N) is 2. The molecule has 0 radical (unpaired) electrons. The maximum atomic E-state index is 12.9. The Morgan fingerprint density at radius 1 is 0.741 bits per heavy atom. The zero-order valence-corrected chi connectivity index (χ0v) is 35.7. The van der Waals surface area contributed by atoms with Gasteiger partial charge in [0.2, 0.25) is 11.8 Å². The first-order valence-corrected chi connectivity index (χ1v) is 23.2. The molecule has 4 aliphatic rings. The van der Waals surface area contributed by atoms with Gasteiger partial charge in [0.15, 0.2) is 0 Å². The number of hydrogen-bond donors (Lipinski definition) is 4.